The first-order valence-corrected chi connectivity index (χ1v) is 6.26. The zero-order valence-corrected chi connectivity index (χ0v) is 10.5. The van der Waals surface area contributed by atoms with Crippen LogP contribution in [0, 0.1) is 0 Å². The average molecular weight is 233 g/mol. The van der Waals surface area contributed by atoms with Crippen LogP contribution >= 0.6 is 0 Å². The summed E-state index contributed by atoms with van der Waals surface area (Å²) in [6.45, 7) is 1.89. The zero-order valence-electron chi connectivity index (χ0n) is 10.5. The average Bonchev–Trinajstić information content (AvgIpc) is 2.36. The largest absolute Gasteiger partial charge is 0.496 e. The highest BCUT2D eigenvalue weighted by molar-refractivity contribution is 5.43. The maximum atomic E-state index is 5.91. The van der Waals surface area contributed by atoms with Gasteiger partial charge in [-0.2, -0.15) is 0 Å². The van der Waals surface area contributed by atoms with Crippen molar-refractivity contribution in [1.29, 1.82) is 0 Å². The molecule has 0 unspecified atom stereocenters. The second kappa shape index (κ2) is 4.31. The number of hydrogen-bond donors (Lipinski definition) is 0. The molecular formula is C14H19NO2. The number of methoxy groups -OCH3 is 1. The van der Waals surface area contributed by atoms with E-state index < -0.39 is 0 Å². The maximum Gasteiger partial charge on any atom is 0.122 e. The van der Waals surface area contributed by atoms with Crippen LogP contribution in [0.2, 0.25) is 0 Å². The van der Waals surface area contributed by atoms with Crippen molar-refractivity contribution in [3.8, 4) is 5.75 Å². The van der Waals surface area contributed by atoms with Crippen LogP contribution in [0.5, 0.6) is 5.75 Å². The third-order valence-corrected chi connectivity index (χ3v) is 4.06. The lowest BCUT2D eigenvalue weighted by molar-refractivity contribution is -0.0646. The fourth-order valence-corrected chi connectivity index (χ4v) is 3.04. The summed E-state index contributed by atoms with van der Waals surface area (Å²) in [6.07, 6.45) is 2.39. The Hall–Kier alpha value is -1.06. The Labute approximate surface area is 102 Å². The minimum Gasteiger partial charge on any atom is -0.496 e. The minimum atomic E-state index is 0.331. The van der Waals surface area contributed by atoms with Gasteiger partial charge < -0.3 is 9.47 Å². The summed E-state index contributed by atoms with van der Waals surface area (Å²) in [4.78, 5) is 2.43. The van der Waals surface area contributed by atoms with E-state index >= 15 is 0 Å². The molecule has 0 amide bonds. The van der Waals surface area contributed by atoms with E-state index in [1.165, 1.54) is 11.1 Å². The molecule has 0 bridgehead atoms. The van der Waals surface area contributed by atoms with Crippen molar-refractivity contribution in [1.82, 2.24) is 4.90 Å². The summed E-state index contributed by atoms with van der Waals surface area (Å²) in [6, 6.07) is 6.88. The van der Waals surface area contributed by atoms with Gasteiger partial charge in [-0.15, -0.1) is 0 Å². The molecule has 3 heteroatoms. The third kappa shape index (κ3) is 1.83. The lowest BCUT2D eigenvalue weighted by Crippen LogP contribution is -2.53. The van der Waals surface area contributed by atoms with Gasteiger partial charge in [-0.3, -0.25) is 4.90 Å². The summed E-state index contributed by atoms with van der Waals surface area (Å²) in [7, 11) is 3.95. The number of nitrogens with zero attached hydrogens (tertiary/aromatic N) is 1. The highest BCUT2D eigenvalue weighted by Crippen LogP contribution is 2.33. The van der Waals surface area contributed by atoms with Crippen LogP contribution < -0.4 is 4.74 Å². The quantitative estimate of drug-likeness (QED) is 0.733. The first-order valence-electron chi connectivity index (χ1n) is 6.26. The van der Waals surface area contributed by atoms with Gasteiger partial charge in [0.1, 0.15) is 5.75 Å². The van der Waals surface area contributed by atoms with E-state index in [1.54, 1.807) is 7.11 Å². The summed E-state index contributed by atoms with van der Waals surface area (Å²) in [5.74, 6) is 1.01. The highest BCUT2D eigenvalue weighted by Gasteiger charge is 2.35. The minimum absolute atomic E-state index is 0.331. The van der Waals surface area contributed by atoms with E-state index in [4.69, 9.17) is 9.47 Å². The van der Waals surface area contributed by atoms with Crippen molar-refractivity contribution < 1.29 is 9.47 Å². The Bertz CT molecular complexity index is 419. The monoisotopic (exact) mass is 233 g/mol. The Morgan fingerprint density at radius 3 is 3.06 bits per heavy atom. The van der Waals surface area contributed by atoms with Crippen LogP contribution in [0.1, 0.15) is 11.1 Å². The topological polar surface area (TPSA) is 21.7 Å². The first-order chi connectivity index (χ1) is 8.29. The van der Waals surface area contributed by atoms with Gasteiger partial charge in [0.05, 0.1) is 19.8 Å². The Morgan fingerprint density at radius 2 is 2.24 bits per heavy atom. The number of rotatable bonds is 1. The number of fused-ring (bicyclic) bond motifs is 2. The normalized spacial score (nSPS) is 28.4. The number of ether oxygens (including phenoxy) is 2. The maximum absolute atomic E-state index is 5.91. The van der Waals surface area contributed by atoms with E-state index in [1.807, 2.05) is 6.07 Å². The van der Waals surface area contributed by atoms with Crippen molar-refractivity contribution >= 4 is 0 Å². The molecule has 1 aliphatic heterocycles. The van der Waals surface area contributed by atoms with Crippen LogP contribution in [0.25, 0.3) is 0 Å². The third-order valence-electron chi connectivity index (χ3n) is 4.06. The van der Waals surface area contributed by atoms with Gasteiger partial charge in [0.15, 0.2) is 0 Å². The lowest BCUT2D eigenvalue weighted by atomic mass is 9.84. The zero-order chi connectivity index (χ0) is 11.8. The molecule has 17 heavy (non-hydrogen) atoms. The molecule has 0 spiro atoms. The smallest absolute Gasteiger partial charge is 0.122 e. The van der Waals surface area contributed by atoms with Gasteiger partial charge >= 0.3 is 0 Å². The molecule has 1 aliphatic carbocycles. The van der Waals surface area contributed by atoms with Crippen molar-refractivity contribution in [2.75, 3.05) is 27.3 Å². The van der Waals surface area contributed by atoms with Gasteiger partial charge in [-0.25, -0.2) is 0 Å². The molecule has 0 radical (unpaired) electrons. The molecule has 1 fully saturated rings. The fraction of sp³-hybridized carbons (Fsp3) is 0.571. The SMILES string of the molecule is COc1cccc2c1C[C@H]1OCCN(C)[C@@H]1C2. The Morgan fingerprint density at radius 1 is 1.35 bits per heavy atom. The molecule has 92 valence electrons. The molecule has 1 aromatic rings. The number of morpholine rings is 1. The standard InChI is InChI=1S/C14H19NO2/c1-15-6-7-17-14-9-11-10(8-12(14)15)4-3-5-13(11)16-2/h3-5,12,14H,6-9H2,1-2H3/t12-,14-/m1/s1. The predicted molar refractivity (Wildman–Crippen MR) is 66.6 cm³/mol. The molecule has 1 aromatic carbocycles. The van der Waals surface area contributed by atoms with E-state index in [2.05, 4.69) is 24.1 Å². The van der Waals surface area contributed by atoms with Crippen LogP contribution in [-0.2, 0) is 17.6 Å². The van der Waals surface area contributed by atoms with Crippen LogP contribution in [0.4, 0.5) is 0 Å². The van der Waals surface area contributed by atoms with E-state index in [9.17, 15) is 0 Å². The van der Waals surface area contributed by atoms with Gasteiger partial charge in [-0.05, 0) is 30.7 Å². The van der Waals surface area contributed by atoms with E-state index in [0.717, 1.165) is 31.7 Å². The van der Waals surface area contributed by atoms with Gasteiger partial charge in [0, 0.05) is 19.0 Å². The molecule has 0 N–H and O–H groups in total. The second-order valence-electron chi connectivity index (χ2n) is 4.96. The Balaban J connectivity index is 1.95. The van der Waals surface area contributed by atoms with Crippen LogP contribution in [0.3, 0.4) is 0 Å². The second-order valence-corrected chi connectivity index (χ2v) is 4.96. The van der Waals surface area contributed by atoms with Crippen molar-refractivity contribution in [2.24, 2.45) is 0 Å². The molecule has 0 aromatic heterocycles. The summed E-state index contributed by atoms with van der Waals surface area (Å²) >= 11 is 0. The van der Waals surface area contributed by atoms with Gasteiger partial charge in [0.2, 0.25) is 0 Å². The van der Waals surface area contributed by atoms with Crippen molar-refractivity contribution in [2.45, 2.75) is 25.0 Å². The van der Waals surface area contributed by atoms with Gasteiger partial charge in [0.25, 0.3) is 0 Å². The molecule has 0 saturated carbocycles. The summed E-state index contributed by atoms with van der Waals surface area (Å²) in [5.41, 5.74) is 2.76. The van der Waals surface area contributed by atoms with Crippen molar-refractivity contribution in [3.63, 3.8) is 0 Å². The molecular weight excluding hydrogens is 214 g/mol. The molecule has 3 nitrogen and oxygen atoms in total. The van der Waals surface area contributed by atoms with Crippen LogP contribution in [-0.4, -0.2) is 44.4 Å². The molecule has 1 saturated heterocycles. The van der Waals surface area contributed by atoms with Crippen LogP contribution in [0.15, 0.2) is 18.2 Å². The summed E-state index contributed by atoms with van der Waals surface area (Å²) < 4.78 is 11.4. The fourth-order valence-electron chi connectivity index (χ4n) is 3.04. The first kappa shape index (κ1) is 11.1. The lowest BCUT2D eigenvalue weighted by Gasteiger charge is -2.42. The Kier molecular flexibility index (Phi) is 2.81. The molecule has 1 heterocycles. The van der Waals surface area contributed by atoms with E-state index in [-0.39, 0.29) is 0 Å². The van der Waals surface area contributed by atoms with E-state index in [0.29, 0.717) is 12.1 Å². The molecule has 2 atom stereocenters. The number of hydrogen-bond acceptors (Lipinski definition) is 3. The predicted octanol–water partition coefficient (Wildman–Crippen LogP) is 1.49. The van der Waals surface area contributed by atoms with Gasteiger partial charge in [-0.1, -0.05) is 12.1 Å². The summed E-state index contributed by atoms with van der Waals surface area (Å²) in [5, 5.41) is 0. The number of likely N-dealkylation sites (N-methyl/N-ethyl adjacent to an activating group) is 1. The van der Waals surface area contributed by atoms with Crippen molar-refractivity contribution in [3.05, 3.63) is 29.3 Å². The molecule has 2 aliphatic rings. The highest BCUT2D eigenvalue weighted by atomic mass is 16.5. The number of benzene rings is 1. The molecule has 3 rings (SSSR count).